The molecule has 0 amide bonds. The van der Waals surface area contributed by atoms with Crippen LogP contribution in [0, 0.1) is 0 Å². The van der Waals surface area contributed by atoms with E-state index in [0.29, 0.717) is 12.2 Å². The number of aliphatic hydroxyl groups excluding tert-OH is 4. The van der Waals surface area contributed by atoms with Crippen LogP contribution in [0.25, 0.3) is 0 Å². The number of ether oxygens (including phenoxy) is 2. The monoisotopic (exact) mass is 287 g/mol. The predicted octanol–water partition coefficient (Wildman–Crippen LogP) is -2.14. The van der Waals surface area contributed by atoms with Gasteiger partial charge >= 0.3 is 0 Å². The van der Waals surface area contributed by atoms with Crippen LogP contribution >= 0.6 is 0 Å². The molecule has 0 saturated carbocycles. The molecule has 2 saturated heterocycles. The van der Waals surface area contributed by atoms with Gasteiger partial charge in [0.2, 0.25) is 0 Å². The van der Waals surface area contributed by atoms with Gasteiger partial charge < -0.3 is 35.2 Å². The molecule has 0 aromatic heterocycles. The molecule has 0 aromatic rings. The van der Waals surface area contributed by atoms with E-state index >= 15 is 0 Å². The Morgan fingerprint density at radius 3 is 2.75 bits per heavy atom. The van der Waals surface area contributed by atoms with E-state index in [-0.39, 0.29) is 25.0 Å². The van der Waals surface area contributed by atoms with Gasteiger partial charge in [-0.05, 0) is 18.4 Å². The third-order valence-corrected chi connectivity index (χ3v) is 4.34. The van der Waals surface area contributed by atoms with Crippen molar-refractivity contribution in [2.24, 2.45) is 0 Å². The first kappa shape index (κ1) is 14.4. The summed E-state index contributed by atoms with van der Waals surface area (Å²) < 4.78 is 11.1. The van der Waals surface area contributed by atoms with E-state index in [4.69, 9.17) is 9.47 Å². The molecule has 2 bridgehead atoms. The molecular formula is C13H21NO6. The molecule has 5 N–H and O–H groups in total. The number of hydrogen-bond acceptors (Lipinski definition) is 7. The molecule has 0 unspecified atom stereocenters. The maximum absolute atomic E-state index is 10.1. The fourth-order valence-corrected chi connectivity index (χ4v) is 3.12. The zero-order valence-corrected chi connectivity index (χ0v) is 11.1. The van der Waals surface area contributed by atoms with E-state index in [1.807, 2.05) is 0 Å². The second-order valence-electron chi connectivity index (χ2n) is 5.64. The normalized spacial score (nSPS) is 48.2. The fraction of sp³-hybridized carbons (Fsp3) is 0.846. The summed E-state index contributed by atoms with van der Waals surface area (Å²) in [5, 5.41) is 42.0. The van der Waals surface area contributed by atoms with Gasteiger partial charge in [-0.2, -0.15) is 0 Å². The molecule has 0 spiro atoms. The van der Waals surface area contributed by atoms with Gasteiger partial charge in [-0.1, -0.05) is 6.08 Å². The molecule has 1 aliphatic carbocycles. The molecular weight excluding hydrogens is 266 g/mol. The number of fused-ring (bicyclic) bond motifs is 2. The largest absolute Gasteiger partial charge is 0.392 e. The molecule has 2 heterocycles. The molecule has 7 heteroatoms. The Morgan fingerprint density at radius 2 is 2.00 bits per heavy atom. The van der Waals surface area contributed by atoms with Crippen LogP contribution in [-0.2, 0) is 9.47 Å². The predicted molar refractivity (Wildman–Crippen MR) is 67.7 cm³/mol. The minimum absolute atomic E-state index is 0.0204. The lowest BCUT2D eigenvalue weighted by Gasteiger charge is -2.38. The van der Waals surface area contributed by atoms with Crippen molar-refractivity contribution in [3.63, 3.8) is 0 Å². The van der Waals surface area contributed by atoms with Gasteiger partial charge in [0.05, 0.1) is 25.4 Å². The topological polar surface area (TPSA) is 111 Å². The van der Waals surface area contributed by atoms with Crippen molar-refractivity contribution in [3.8, 4) is 0 Å². The average molecular weight is 287 g/mol. The summed E-state index contributed by atoms with van der Waals surface area (Å²) in [5.74, 6) is 0. The van der Waals surface area contributed by atoms with Crippen LogP contribution in [0.15, 0.2) is 11.6 Å². The summed E-state index contributed by atoms with van der Waals surface area (Å²) >= 11 is 0. The number of hydrogen-bond donors (Lipinski definition) is 5. The van der Waals surface area contributed by atoms with E-state index in [0.717, 1.165) is 12.8 Å². The second-order valence-corrected chi connectivity index (χ2v) is 5.64. The lowest BCUT2D eigenvalue weighted by Crippen LogP contribution is -2.58. The van der Waals surface area contributed by atoms with Gasteiger partial charge in [0.25, 0.3) is 0 Å². The molecule has 0 radical (unpaired) electrons. The summed E-state index contributed by atoms with van der Waals surface area (Å²) in [4.78, 5) is 0. The number of nitrogens with one attached hydrogen (secondary N) is 1. The van der Waals surface area contributed by atoms with Crippen LogP contribution in [0.2, 0.25) is 0 Å². The molecule has 2 aliphatic heterocycles. The molecule has 2 fully saturated rings. The maximum atomic E-state index is 10.1. The van der Waals surface area contributed by atoms with Crippen LogP contribution in [0.3, 0.4) is 0 Å². The van der Waals surface area contributed by atoms with Crippen LogP contribution in [0.1, 0.15) is 12.8 Å². The van der Waals surface area contributed by atoms with Gasteiger partial charge in [0.1, 0.15) is 18.3 Å². The average Bonchev–Trinajstić information content (AvgIpc) is 2.85. The first-order valence-electron chi connectivity index (χ1n) is 6.99. The second kappa shape index (κ2) is 5.69. The van der Waals surface area contributed by atoms with E-state index < -0.39 is 24.4 Å². The van der Waals surface area contributed by atoms with E-state index in [9.17, 15) is 20.4 Å². The van der Waals surface area contributed by atoms with E-state index in [1.54, 1.807) is 6.08 Å². The highest BCUT2D eigenvalue weighted by molar-refractivity contribution is 5.22. The van der Waals surface area contributed by atoms with Gasteiger partial charge in [0, 0.05) is 6.04 Å². The molecule has 114 valence electrons. The third kappa shape index (κ3) is 2.50. The zero-order chi connectivity index (χ0) is 14.3. The Labute approximate surface area is 116 Å². The van der Waals surface area contributed by atoms with Crippen LogP contribution in [-0.4, -0.2) is 76.4 Å². The van der Waals surface area contributed by atoms with Crippen LogP contribution < -0.4 is 5.32 Å². The zero-order valence-electron chi connectivity index (χ0n) is 11.1. The highest BCUT2D eigenvalue weighted by atomic mass is 16.7. The van der Waals surface area contributed by atoms with E-state index in [2.05, 4.69) is 5.32 Å². The van der Waals surface area contributed by atoms with Crippen molar-refractivity contribution < 1.29 is 29.9 Å². The van der Waals surface area contributed by atoms with Crippen LogP contribution in [0.5, 0.6) is 0 Å². The Balaban J connectivity index is 1.70. The Bertz CT molecular complexity index is 389. The maximum Gasteiger partial charge on any atom is 0.158 e. The van der Waals surface area contributed by atoms with Crippen molar-refractivity contribution in [2.75, 3.05) is 13.2 Å². The van der Waals surface area contributed by atoms with Gasteiger partial charge in [0.15, 0.2) is 6.29 Å². The van der Waals surface area contributed by atoms with Crippen molar-refractivity contribution in [1.29, 1.82) is 0 Å². The van der Waals surface area contributed by atoms with Gasteiger partial charge in [-0.3, -0.25) is 0 Å². The lowest BCUT2D eigenvalue weighted by molar-refractivity contribution is -0.0978. The Hall–Kier alpha value is -0.540. The standard InChI is InChI=1S/C13H21NO6/c15-4-6-3-8(12(17)13(18)11(6)16)14-7-1-2-10-19-5-9(7)20-10/h3,7-18H,1-2,4-5H2/t7-,8-,9+,10+,11+,12-,13-/m0/s1. The first-order chi connectivity index (χ1) is 9.60. The summed E-state index contributed by atoms with van der Waals surface area (Å²) in [6.45, 7) is 0.172. The van der Waals surface area contributed by atoms with Crippen molar-refractivity contribution in [1.82, 2.24) is 5.32 Å². The SMILES string of the molecule is OCC1=C[C@H](N[C@H]2CC[C@@H]3OC[C@H]2O3)[C@H](O)[C@@H](O)[C@@H]1O. The molecule has 0 aromatic carbocycles. The third-order valence-electron chi connectivity index (χ3n) is 4.34. The van der Waals surface area contributed by atoms with Gasteiger partial charge in [-0.15, -0.1) is 0 Å². The minimum atomic E-state index is -1.31. The summed E-state index contributed by atoms with van der Waals surface area (Å²) in [5.41, 5.74) is 0.317. The molecule has 7 nitrogen and oxygen atoms in total. The highest BCUT2D eigenvalue weighted by Gasteiger charge is 2.42. The summed E-state index contributed by atoms with van der Waals surface area (Å²) in [6, 6.07) is -0.506. The quantitative estimate of drug-likeness (QED) is 0.377. The minimum Gasteiger partial charge on any atom is -0.392 e. The molecule has 7 atom stereocenters. The Kier molecular flexibility index (Phi) is 4.09. The van der Waals surface area contributed by atoms with E-state index in [1.165, 1.54) is 0 Å². The lowest BCUT2D eigenvalue weighted by atomic mass is 9.87. The molecule has 20 heavy (non-hydrogen) atoms. The van der Waals surface area contributed by atoms with Crippen molar-refractivity contribution in [2.45, 2.75) is 55.6 Å². The first-order valence-corrected chi connectivity index (χ1v) is 6.99. The van der Waals surface area contributed by atoms with Crippen LogP contribution in [0.4, 0.5) is 0 Å². The highest BCUT2D eigenvalue weighted by Crippen LogP contribution is 2.28. The summed E-state index contributed by atoms with van der Waals surface area (Å²) in [7, 11) is 0. The molecule has 3 rings (SSSR count). The van der Waals surface area contributed by atoms with Crippen molar-refractivity contribution in [3.05, 3.63) is 11.6 Å². The number of aliphatic hydroxyl groups is 4. The molecule has 3 aliphatic rings. The fourth-order valence-electron chi connectivity index (χ4n) is 3.12. The smallest absolute Gasteiger partial charge is 0.158 e. The summed E-state index contributed by atoms with van der Waals surface area (Å²) in [6.07, 6.45) is -0.601. The van der Waals surface area contributed by atoms with Crippen molar-refractivity contribution >= 4 is 0 Å². The Morgan fingerprint density at radius 1 is 1.20 bits per heavy atom. The van der Waals surface area contributed by atoms with Gasteiger partial charge in [-0.25, -0.2) is 0 Å². The number of rotatable bonds is 3.